The third-order valence-electron chi connectivity index (χ3n) is 5.77. The van der Waals surface area contributed by atoms with Gasteiger partial charge in [0, 0.05) is 24.4 Å². The molecule has 1 aromatic carbocycles. The molecule has 1 aromatic heterocycles. The first-order valence-electron chi connectivity index (χ1n) is 8.84. The lowest BCUT2D eigenvalue weighted by molar-refractivity contribution is 0.134. The quantitative estimate of drug-likeness (QED) is 0.765. The zero-order valence-electron chi connectivity index (χ0n) is 14.0. The van der Waals surface area contributed by atoms with Crippen LogP contribution in [-0.4, -0.2) is 29.2 Å². The van der Waals surface area contributed by atoms with Crippen LogP contribution in [0, 0.1) is 0 Å². The van der Waals surface area contributed by atoms with Crippen LogP contribution in [0.1, 0.15) is 35.1 Å². The Hall–Kier alpha value is -1.75. The highest BCUT2D eigenvalue weighted by molar-refractivity contribution is 6.29. The summed E-state index contributed by atoms with van der Waals surface area (Å²) in [4.78, 5) is 11.3. The first-order valence-corrected chi connectivity index (χ1v) is 9.22. The Balaban J connectivity index is 1.34. The Morgan fingerprint density at radius 3 is 2.72 bits per heavy atom. The SMILES string of the molecule is Clc1cc(CN2CCC3(C=Nc4cc5c(cc43)COC5)CC2)ccn1. The van der Waals surface area contributed by atoms with Gasteiger partial charge in [-0.05, 0) is 66.4 Å². The molecule has 4 heterocycles. The first-order chi connectivity index (χ1) is 12.2. The van der Waals surface area contributed by atoms with E-state index in [9.17, 15) is 0 Å². The molecular weight excluding hydrogens is 334 g/mol. The first kappa shape index (κ1) is 15.5. The van der Waals surface area contributed by atoms with E-state index in [1.807, 2.05) is 12.1 Å². The minimum absolute atomic E-state index is 0.110. The van der Waals surface area contributed by atoms with E-state index in [0.29, 0.717) is 5.15 Å². The molecule has 0 bridgehead atoms. The second kappa shape index (κ2) is 5.90. The summed E-state index contributed by atoms with van der Waals surface area (Å²) in [6.07, 6.45) is 6.21. The number of halogens is 1. The molecule has 0 amide bonds. The van der Waals surface area contributed by atoms with Gasteiger partial charge in [-0.2, -0.15) is 0 Å². The van der Waals surface area contributed by atoms with Crippen LogP contribution in [0.15, 0.2) is 35.5 Å². The Morgan fingerprint density at radius 1 is 1.12 bits per heavy atom. The second-order valence-electron chi connectivity index (χ2n) is 7.31. The van der Waals surface area contributed by atoms with Crippen LogP contribution < -0.4 is 0 Å². The van der Waals surface area contributed by atoms with Crippen molar-refractivity contribution >= 4 is 23.5 Å². The third-order valence-corrected chi connectivity index (χ3v) is 5.97. The molecule has 0 saturated carbocycles. The number of benzene rings is 1. The Bertz CT molecular complexity index is 856. The summed E-state index contributed by atoms with van der Waals surface area (Å²) in [6, 6.07) is 8.59. The maximum Gasteiger partial charge on any atom is 0.129 e. The summed E-state index contributed by atoms with van der Waals surface area (Å²) in [5.41, 5.74) is 6.55. The van der Waals surface area contributed by atoms with Crippen LogP contribution >= 0.6 is 11.6 Å². The van der Waals surface area contributed by atoms with Crippen molar-refractivity contribution in [3.05, 3.63) is 57.9 Å². The molecule has 128 valence electrons. The number of aliphatic imine (C=N–C) groups is 1. The van der Waals surface area contributed by atoms with Gasteiger partial charge in [0.25, 0.3) is 0 Å². The van der Waals surface area contributed by atoms with Crippen molar-refractivity contribution < 1.29 is 4.74 Å². The number of hydrogen-bond donors (Lipinski definition) is 0. The lowest BCUT2D eigenvalue weighted by atomic mass is 9.74. The zero-order valence-corrected chi connectivity index (χ0v) is 14.8. The van der Waals surface area contributed by atoms with Crippen LogP contribution in [-0.2, 0) is 29.9 Å². The highest BCUT2D eigenvalue weighted by atomic mass is 35.5. The number of nitrogens with zero attached hydrogens (tertiary/aromatic N) is 3. The smallest absolute Gasteiger partial charge is 0.129 e. The van der Waals surface area contributed by atoms with Crippen LogP contribution in [0.2, 0.25) is 5.15 Å². The molecule has 1 saturated heterocycles. The molecule has 3 aliphatic rings. The number of rotatable bonds is 2. The van der Waals surface area contributed by atoms with Crippen molar-refractivity contribution in [2.45, 2.75) is 38.0 Å². The molecule has 0 N–H and O–H groups in total. The molecule has 3 aliphatic heterocycles. The minimum Gasteiger partial charge on any atom is -0.372 e. The van der Waals surface area contributed by atoms with Crippen LogP contribution in [0.5, 0.6) is 0 Å². The molecule has 2 aromatic rings. The van der Waals surface area contributed by atoms with Gasteiger partial charge in [0.1, 0.15) is 5.15 Å². The van der Waals surface area contributed by atoms with E-state index in [4.69, 9.17) is 21.3 Å². The summed E-state index contributed by atoms with van der Waals surface area (Å²) in [7, 11) is 0. The molecule has 5 rings (SSSR count). The Morgan fingerprint density at radius 2 is 1.92 bits per heavy atom. The Kier molecular flexibility index (Phi) is 3.66. The number of pyridine rings is 1. The van der Waals surface area contributed by atoms with Gasteiger partial charge in [0.05, 0.1) is 18.9 Å². The summed E-state index contributed by atoms with van der Waals surface area (Å²) in [5.74, 6) is 0. The summed E-state index contributed by atoms with van der Waals surface area (Å²) in [5, 5.41) is 0.568. The van der Waals surface area contributed by atoms with E-state index < -0.39 is 0 Å². The van der Waals surface area contributed by atoms with Gasteiger partial charge in [-0.15, -0.1) is 0 Å². The second-order valence-corrected chi connectivity index (χ2v) is 7.70. The largest absolute Gasteiger partial charge is 0.372 e. The van der Waals surface area contributed by atoms with Gasteiger partial charge in [-0.25, -0.2) is 4.98 Å². The van der Waals surface area contributed by atoms with E-state index in [2.05, 4.69) is 28.2 Å². The van der Waals surface area contributed by atoms with Crippen LogP contribution in [0.3, 0.4) is 0 Å². The van der Waals surface area contributed by atoms with Gasteiger partial charge < -0.3 is 4.74 Å². The molecule has 0 radical (unpaired) electrons. The standard InChI is InChI=1S/C20H20ClN3O/c21-19-7-14(1-4-22-19)10-24-5-2-20(3-6-24)13-23-18-9-16-12-25-11-15(16)8-17(18)20/h1,4,7-9,13H,2-3,5-6,10-12H2. The fourth-order valence-electron chi connectivity index (χ4n) is 4.29. The number of hydrogen-bond acceptors (Lipinski definition) is 4. The summed E-state index contributed by atoms with van der Waals surface area (Å²) in [6.45, 7) is 4.54. The molecule has 5 heteroatoms. The lowest BCUT2D eigenvalue weighted by Gasteiger charge is -2.38. The van der Waals surface area contributed by atoms with Gasteiger partial charge in [-0.3, -0.25) is 9.89 Å². The summed E-state index contributed by atoms with van der Waals surface area (Å²) >= 11 is 6.01. The van der Waals surface area contributed by atoms with E-state index in [1.54, 1.807) is 6.20 Å². The molecule has 1 fully saturated rings. The number of aromatic nitrogens is 1. The van der Waals surface area contributed by atoms with Crippen LogP contribution in [0.4, 0.5) is 5.69 Å². The fraction of sp³-hybridized carbons (Fsp3) is 0.400. The van der Waals surface area contributed by atoms with Crippen molar-refractivity contribution in [1.82, 2.24) is 9.88 Å². The van der Waals surface area contributed by atoms with Gasteiger partial charge in [0.15, 0.2) is 0 Å². The molecule has 0 aliphatic carbocycles. The topological polar surface area (TPSA) is 37.7 Å². The normalized spacial score (nSPS) is 20.8. The molecule has 0 unspecified atom stereocenters. The van der Waals surface area contributed by atoms with Crippen molar-refractivity contribution in [3.63, 3.8) is 0 Å². The molecule has 0 atom stereocenters. The van der Waals surface area contributed by atoms with E-state index in [-0.39, 0.29) is 5.41 Å². The maximum atomic E-state index is 6.01. The van der Waals surface area contributed by atoms with Gasteiger partial charge >= 0.3 is 0 Å². The number of ether oxygens (including phenoxy) is 1. The highest BCUT2D eigenvalue weighted by Crippen LogP contribution is 2.45. The van der Waals surface area contributed by atoms with E-state index >= 15 is 0 Å². The predicted octanol–water partition coefficient (Wildman–Crippen LogP) is 4.01. The van der Waals surface area contributed by atoms with Crippen molar-refractivity contribution in [3.8, 4) is 0 Å². The zero-order chi connectivity index (χ0) is 16.9. The third kappa shape index (κ3) is 2.69. The number of piperidine rings is 1. The molecular formula is C20H20ClN3O. The van der Waals surface area contributed by atoms with E-state index in [1.165, 1.54) is 22.3 Å². The van der Waals surface area contributed by atoms with E-state index in [0.717, 1.165) is 51.4 Å². The maximum absolute atomic E-state index is 6.01. The number of likely N-dealkylation sites (tertiary alicyclic amines) is 1. The molecule has 25 heavy (non-hydrogen) atoms. The lowest BCUT2D eigenvalue weighted by Crippen LogP contribution is -2.42. The highest BCUT2D eigenvalue weighted by Gasteiger charge is 2.40. The number of fused-ring (bicyclic) bond motifs is 3. The molecule has 4 nitrogen and oxygen atoms in total. The summed E-state index contributed by atoms with van der Waals surface area (Å²) < 4.78 is 5.59. The average Bonchev–Trinajstić information content (AvgIpc) is 3.21. The molecule has 1 spiro atoms. The monoisotopic (exact) mass is 353 g/mol. The van der Waals surface area contributed by atoms with Crippen molar-refractivity contribution in [1.29, 1.82) is 0 Å². The average molecular weight is 354 g/mol. The fourth-order valence-corrected chi connectivity index (χ4v) is 4.49. The van der Waals surface area contributed by atoms with Crippen molar-refractivity contribution in [2.75, 3.05) is 13.1 Å². The van der Waals surface area contributed by atoms with Crippen LogP contribution in [0.25, 0.3) is 0 Å². The Labute approximate surface area is 152 Å². The minimum atomic E-state index is 0.110. The van der Waals surface area contributed by atoms with Gasteiger partial charge in [0.2, 0.25) is 0 Å². The predicted molar refractivity (Wildman–Crippen MR) is 98.5 cm³/mol. The van der Waals surface area contributed by atoms with Crippen molar-refractivity contribution in [2.24, 2.45) is 4.99 Å². The van der Waals surface area contributed by atoms with Gasteiger partial charge in [-0.1, -0.05) is 17.7 Å².